The number of rotatable bonds is 4. The van der Waals surface area contributed by atoms with Crippen molar-refractivity contribution in [2.75, 3.05) is 5.32 Å². The molecule has 0 bridgehead atoms. The molecule has 2 N–H and O–H groups in total. The van der Waals surface area contributed by atoms with Gasteiger partial charge in [0.15, 0.2) is 0 Å². The molecule has 0 aliphatic rings. The predicted molar refractivity (Wildman–Crippen MR) is 86.2 cm³/mol. The van der Waals surface area contributed by atoms with Crippen LogP contribution in [0.3, 0.4) is 0 Å². The largest absolute Gasteiger partial charge is 0.417 e. The number of hydrogen-bond donors (Lipinski definition) is 2. The van der Waals surface area contributed by atoms with Crippen molar-refractivity contribution in [3.05, 3.63) is 58.2 Å². The lowest BCUT2D eigenvalue weighted by Gasteiger charge is -2.12. The van der Waals surface area contributed by atoms with E-state index in [0.717, 1.165) is 12.1 Å². The molecule has 132 valence electrons. The number of amides is 2. The molecule has 25 heavy (non-hydrogen) atoms. The second kappa shape index (κ2) is 7.52. The van der Waals surface area contributed by atoms with Gasteiger partial charge in [-0.1, -0.05) is 17.7 Å². The predicted octanol–water partition coefficient (Wildman–Crippen LogP) is 3.64. The fraction of sp³-hybridized carbons (Fsp3) is 0.188. The zero-order valence-corrected chi connectivity index (χ0v) is 13.7. The summed E-state index contributed by atoms with van der Waals surface area (Å²) in [5.74, 6) is -0.658. The Kier molecular flexibility index (Phi) is 5.63. The minimum absolute atomic E-state index is 0.114. The van der Waals surface area contributed by atoms with Crippen molar-refractivity contribution >= 4 is 29.2 Å². The smallest absolute Gasteiger partial charge is 0.348 e. The van der Waals surface area contributed by atoms with Gasteiger partial charge in [-0.25, -0.2) is 4.98 Å². The Morgan fingerprint density at radius 1 is 1.20 bits per heavy atom. The lowest BCUT2D eigenvalue weighted by Crippen LogP contribution is -2.23. The van der Waals surface area contributed by atoms with Gasteiger partial charge in [0.25, 0.3) is 5.91 Å². The van der Waals surface area contributed by atoms with Crippen LogP contribution < -0.4 is 10.6 Å². The third-order valence-corrected chi connectivity index (χ3v) is 3.45. The van der Waals surface area contributed by atoms with Gasteiger partial charge in [0.05, 0.1) is 10.6 Å². The minimum atomic E-state index is -4.57. The average Bonchev–Trinajstić information content (AvgIpc) is 2.52. The second-order valence-electron chi connectivity index (χ2n) is 5.11. The summed E-state index contributed by atoms with van der Waals surface area (Å²) >= 11 is 5.55. The molecule has 0 saturated carbocycles. The molecule has 0 spiro atoms. The molecular weight excluding hydrogens is 359 g/mol. The molecule has 0 aliphatic carbocycles. The van der Waals surface area contributed by atoms with E-state index in [1.165, 1.54) is 31.3 Å². The van der Waals surface area contributed by atoms with Crippen LogP contribution in [-0.2, 0) is 17.5 Å². The van der Waals surface area contributed by atoms with Crippen LogP contribution in [0.4, 0.5) is 19.0 Å². The zero-order chi connectivity index (χ0) is 18.6. The van der Waals surface area contributed by atoms with E-state index in [-0.39, 0.29) is 29.4 Å². The van der Waals surface area contributed by atoms with Gasteiger partial charge in [0, 0.05) is 25.2 Å². The van der Waals surface area contributed by atoms with Gasteiger partial charge in [-0.2, -0.15) is 13.2 Å². The summed E-state index contributed by atoms with van der Waals surface area (Å²) in [6, 6.07) is 6.20. The SMILES string of the molecule is CC(=O)Nc1cc(C(=O)NCc2ccc(Cl)c(C(F)(F)F)c2)ccn1. The highest BCUT2D eigenvalue weighted by molar-refractivity contribution is 6.31. The van der Waals surface area contributed by atoms with Crippen LogP contribution >= 0.6 is 11.6 Å². The Bertz CT molecular complexity index is 809. The lowest BCUT2D eigenvalue weighted by molar-refractivity contribution is -0.137. The molecular formula is C16H13ClF3N3O2. The maximum atomic E-state index is 12.8. The molecule has 2 rings (SSSR count). The Labute approximate surface area is 146 Å². The van der Waals surface area contributed by atoms with Gasteiger partial charge in [0.2, 0.25) is 5.91 Å². The van der Waals surface area contributed by atoms with Gasteiger partial charge in [-0.15, -0.1) is 0 Å². The quantitative estimate of drug-likeness (QED) is 0.862. The molecule has 0 radical (unpaired) electrons. The Morgan fingerprint density at radius 2 is 1.92 bits per heavy atom. The lowest BCUT2D eigenvalue weighted by atomic mass is 10.1. The van der Waals surface area contributed by atoms with Crippen molar-refractivity contribution in [1.82, 2.24) is 10.3 Å². The number of carbonyl (C=O) groups is 2. The molecule has 0 fully saturated rings. The van der Waals surface area contributed by atoms with Crippen LogP contribution in [0.5, 0.6) is 0 Å². The first kappa shape index (κ1) is 18.7. The van der Waals surface area contributed by atoms with Crippen molar-refractivity contribution in [1.29, 1.82) is 0 Å². The minimum Gasteiger partial charge on any atom is -0.348 e. The molecule has 0 saturated heterocycles. The van der Waals surface area contributed by atoms with Crippen LogP contribution in [0.2, 0.25) is 5.02 Å². The molecule has 1 aromatic heterocycles. The van der Waals surface area contributed by atoms with E-state index in [1.807, 2.05) is 0 Å². The number of carbonyl (C=O) groups excluding carboxylic acids is 2. The van der Waals surface area contributed by atoms with E-state index in [1.54, 1.807) is 0 Å². The van der Waals surface area contributed by atoms with E-state index in [9.17, 15) is 22.8 Å². The molecule has 0 atom stereocenters. The summed E-state index contributed by atoms with van der Waals surface area (Å²) in [6.07, 6.45) is -3.24. The van der Waals surface area contributed by atoms with Gasteiger partial charge < -0.3 is 10.6 Å². The normalized spacial score (nSPS) is 11.1. The average molecular weight is 372 g/mol. The Balaban J connectivity index is 2.09. The van der Waals surface area contributed by atoms with Gasteiger partial charge in [-0.05, 0) is 29.8 Å². The fourth-order valence-electron chi connectivity index (χ4n) is 2.00. The van der Waals surface area contributed by atoms with E-state index in [4.69, 9.17) is 11.6 Å². The van der Waals surface area contributed by atoms with Crippen molar-refractivity contribution in [3.8, 4) is 0 Å². The maximum Gasteiger partial charge on any atom is 0.417 e. The first-order chi connectivity index (χ1) is 11.7. The number of alkyl halides is 3. The summed E-state index contributed by atoms with van der Waals surface area (Å²) in [4.78, 5) is 27.0. The topological polar surface area (TPSA) is 71.1 Å². The summed E-state index contributed by atoms with van der Waals surface area (Å²) in [5.41, 5.74) is -0.497. The number of benzene rings is 1. The number of anilines is 1. The summed E-state index contributed by atoms with van der Waals surface area (Å²) in [5, 5.41) is 4.53. The van der Waals surface area contributed by atoms with Gasteiger partial charge in [-0.3, -0.25) is 9.59 Å². The highest BCUT2D eigenvalue weighted by Crippen LogP contribution is 2.35. The zero-order valence-electron chi connectivity index (χ0n) is 12.9. The summed E-state index contributed by atoms with van der Waals surface area (Å²) in [6.45, 7) is 1.18. The molecule has 0 unspecified atom stereocenters. The molecule has 2 amide bonds. The van der Waals surface area contributed by atoms with E-state index in [2.05, 4.69) is 15.6 Å². The first-order valence-corrected chi connectivity index (χ1v) is 7.42. The molecule has 5 nitrogen and oxygen atoms in total. The van der Waals surface area contributed by atoms with E-state index < -0.39 is 22.7 Å². The standard InChI is InChI=1S/C16H13ClF3N3O2/c1-9(24)23-14-7-11(4-5-21-14)15(25)22-8-10-2-3-13(17)12(6-10)16(18,19)20/h2-7H,8H2,1H3,(H,22,25)(H,21,23,24). The van der Waals surface area contributed by atoms with Crippen molar-refractivity contribution in [2.24, 2.45) is 0 Å². The molecule has 2 aromatic rings. The van der Waals surface area contributed by atoms with Crippen molar-refractivity contribution in [2.45, 2.75) is 19.6 Å². The van der Waals surface area contributed by atoms with Gasteiger partial charge >= 0.3 is 6.18 Å². The van der Waals surface area contributed by atoms with Crippen LogP contribution in [-0.4, -0.2) is 16.8 Å². The van der Waals surface area contributed by atoms with Crippen LogP contribution in [0.25, 0.3) is 0 Å². The molecule has 1 heterocycles. The molecule has 0 aliphatic heterocycles. The number of pyridine rings is 1. The van der Waals surface area contributed by atoms with Crippen molar-refractivity contribution < 1.29 is 22.8 Å². The number of aromatic nitrogens is 1. The van der Waals surface area contributed by atoms with E-state index in [0.29, 0.717) is 0 Å². The third kappa shape index (κ3) is 5.18. The monoisotopic (exact) mass is 371 g/mol. The first-order valence-electron chi connectivity index (χ1n) is 7.04. The summed E-state index contributed by atoms with van der Waals surface area (Å²) < 4.78 is 38.5. The van der Waals surface area contributed by atoms with Gasteiger partial charge in [0.1, 0.15) is 5.82 Å². The molecule has 1 aromatic carbocycles. The number of nitrogens with one attached hydrogen (secondary N) is 2. The van der Waals surface area contributed by atoms with Crippen LogP contribution in [0, 0.1) is 0 Å². The summed E-state index contributed by atoms with van der Waals surface area (Å²) in [7, 11) is 0. The third-order valence-electron chi connectivity index (χ3n) is 3.12. The number of hydrogen-bond acceptors (Lipinski definition) is 3. The van der Waals surface area contributed by atoms with E-state index >= 15 is 0 Å². The Hall–Kier alpha value is -2.61. The molecule has 9 heteroatoms. The fourth-order valence-corrected chi connectivity index (χ4v) is 2.23. The highest BCUT2D eigenvalue weighted by Gasteiger charge is 2.33. The number of halogens is 4. The maximum absolute atomic E-state index is 12.8. The Morgan fingerprint density at radius 3 is 2.56 bits per heavy atom. The number of nitrogens with zero attached hydrogens (tertiary/aromatic N) is 1. The van der Waals surface area contributed by atoms with Crippen LogP contribution in [0.15, 0.2) is 36.5 Å². The van der Waals surface area contributed by atoms with Crippen molar-refractivity contribution in [3.63, 3.8) is 0 Å². The highest BCUT2D eigenvalue weighted by atomic mass is 35.5. The van der Waals surface area contributed by atoms with Crippen LogP contribution in [0.1, 0.15) is 28.4 Å². The second-order valence-corrected chi connectivity index (χ2v) is 5.51.